The van der Waals surface area contributed by atoms with Crippen molar-refractivity contribution < 1.29 is 9.47 Å². The minimum Gasteiger partial charge on any atom is -0.497 e. The average molecular weight is 294 g/mol. The van der Waals surface area contributed by atoms with Gasteiger partial charge in [0.15, 0.2) is 5.11 Å². The Labute approximate surface area is 126 Å². The first-order chi connectivity index (χ1) is 9.71. The number of ether oxygens (including phenoxy) is 2. The maximum atomic E-state index is 5.50. The zero-order valence-corrected chi connectivity index (χ0v) is 13.1. The van der Waals surface area contributed by atoms with Crippen LogP contribution >= 0.6 is 12.2 Å². The zero-order chi connectivity index (χ0) is 14.5. The maximum Gasteiger partial charge on any atom is 0.169 e. The third kappa shape index (κ3) is 2.98. The number of methoxy groups -OCH3 is 2. The Bertz CT molecular complexity index is 479. The number of hydrogen-bond acceptors (Lipinski definition) is 3. The number of benzene rings is 1. The van der Waals surface area contributed by atoms with E-state index in [9.17, 15) is 0 Å². The third-order valence-corrected chi connectivity index (χ3v) is 4.02. The van der Waals surface area contributed by atoms with E-state index in [1.165, 1.54) is 0 Å². The van der Waals surface area contributed by atoms with Crippen molar-refractivity contribution in [1.29, 1.82) is 0 Å². The second-order valence-corrected chi connectivity index (χ2v) is 5.18. The molecule has 1 aliphatic heterocycles. The normalized spacial score (nSPS) is 17.9. The van der Waals surface area contributed by atoms with E-state index < -0.39 is 0 Å². The van der Waals surface area contributed by atoms with Crippen molar-refractivity contribution in [2.24, 2.45) is 0 Å². The predicted octanol–water partition coefficient (Wildman–Crippen LogP) is 2.74. The Hall–Kier alpha value is -1.49. The van der Waals surface area contributed by atoms with Crippen molar-refractivity contribution in [3.8, 4) is 11.5 Å². The van der Waals surface area contributed by atoms with Crippen LogP contribution < -0.4 is 14.8 Å². The van der Waals surface area contributed by atoms with E-state index in [0.717, 1.165) is 48.1 Å². The average Bonchev–Trinajstić information content (AvgIpc) is 2.96. The van der Waals surface area contributed by atoms with Gasteiger partial charge in [0.2, 0.25) is 0 Å². The van der Waals surface area contributed by atoms with Gasteiger partial charge >= 0.3 is 0 Å². The SMILES string of the molecule is CCNC(=S)N1CCC[C@@H]1c1cc(OC)ccc1OC. The van der Waals surface area contributed by atoms with Gasteiger partial charge in [-0.1, -0.05) is 0 Å². The molecule has 5 heteroatoms. The first-order valence-corrected chi connectivity index (χ1v) is 7.38. The Kier molecular flexibility index (Phi) is 5.06. The van der Waals surface area contributed by atoms with Crippen LogP contribution in [0.25, 0.3) is 0 Å². The third-order valence-electron chi connectivity index (χ3n) is 3.64. The first kappa shape index (κ1) is 14.9. The van der Waals surface area contributed by atoms with Crippen molar-refractivity contribution in [2.45, 2.75) is 25.8 Å². The van der Waals surface area contributed by atoms with Crippen LogP contribution in [0.5, 0.6) is 11.5 Å². The van der Waals surface area contributed by atoms with Gasteiger partial charge in [0, 0.05) is 18.7 Å². The zero-order valence-electron chi connectivity index (χ0n) is 12.3. The summed E-state index contributed by atoms with van der Waals surface area (Å²) >= 11 is 5.47. The summed E-state index contributed by atoms with van der Waals surface area (Å²) in [5.74, 6) is 1.74. The fraction of sp³-hybridized carbons (Fsp3) is 0.533. The molecule has 2 rings (SSSR count). The van der Waals surface area contributed by atoms with E-state index >= 15 is 0 Å². The molecule has 1 aliphatic rings. The molecule has 0 aromatic heterocycles. The molecule has 0 bridgehead atoms. The molecule has 1 atom stereocenters. The molecule has 0 aliphatic carbocycles. The smallest absolute Gasteiger partial charge is 0.169 e. The molecule has 1 heterocycles. The van der Waals surface area contributed by atoms with Gasteiger partial charge < -0.3 is 19.7 Å². The van der Waals surface area contributed by atoms with Crippen LogP contribution in [0.4, 0.5) is 0 Å². The molecule has 1 saturated heterocycles. The summed E-state index contributed by atoms with van der Waals surface area (Å²) in [5.41, 5.74) is 1.14. The topological polar surface area (TPSA) is 33.7 Å². The fourth-order valence-corrected chi connectivity index (χ4v) is 3.05. The van der Waals surface area contributed by atoms with Crippen LogP contribution in [0.3, 0.4) is 0 Å². The summed E-state index contributed by atoms with van der Waals surface area (Å²) in [6.45, 7) is 3.89. The lowest BCUT2D eigenvalue weighted by Gasteiger charge is -2.29. The largest absolute Gasteiger partial charge is 0.497 e. The molecule has 110 valence electrons. The number of thiocarbonyl (C=S) groups is 1. The van der Waals surface area contributed by atoms with Gasteiger partial charge in [-0.3, -0.25) is 0 Å². The summed E-state index contributed by atoms with van der Waals surface area (Å²) < 4.78 is 10.8. The first-order valence-electron chi connectivity index (χ1n) is 6.97. The van der Waals surface area contributed by atoms with Crippen molar-refractivity contribution in [3.05, 3.63) is 23.8 Å². The standard InChI is InChI=1S/C15H22N2O2S/c1-4-16-15(20)17-9-5-6-13(17)12-10-11(18-2)7-8-14(12)19-3/h7-8,10,13H,4-6,9H2,1-3H3,(H,16,20)/t13-/m1/s1. The molecule has 1 fully saturated rings. The van der Waals surface area contributed by atoms with Crippen LogP contribution in [-0.4, -0.2) is 37.3 Å². The van der Waals surface area contributed by atoms with Gasteiger partial charge in [-0.15, -0.1) is 0 Å². The number of nitrogens with one attached hydrogen (secondary N) is 1. The quantitative estimate of drug-likeness (QED) is 0.864. The van der Waals surface area contributed by atoms with Crippen LogP contribution in [0.1, 0.15) is 31.4 Å². The van der Waals surface area contributed by atoms with Gasteiger partial charge in [-0.25, -0.2) is 0 Å². The molecule has 1 N–H and O–H groups in total. The molecule has 0 unspecified atom stereocenters. The van der Waals surface area contributed by atoms with Gasteiger partial charge in [0.1, 0.15) is 11.5 Å². The molecule has 0 radical (unpaired) electrons. The molecule has 20 heavy (non-hydrogen) atoms. The molecule has 1 aromatic rings. The molecule has 1 aromatic carbocycles. The highest BCUT2D eigenvalue weighted by molar-refractivity contribution is 7.80. The summed E-state index contributed by atoms with van der Waals surface area (Å²) in [6, 6.07) is 6.19. The maximum absolute atomic E-state index is 5.50. The van der Waals surface area contributed by atoms with Crippen LogP contribution in [0.2, 0.25) is 0 Å². The van der Waals surface area contributed by atoms with Crippen LogP contribution in [0.15, 0.2) is 18.2 Å². The van der Waals surface area contributed by atoms with Crippen LogP contribution in [0, 0.1) is 0 Å². The van der Waals surface area contributed by atoms with E-state index in [1.54, 1.807) is 14.2 Å². The van der Waals surface area contributed by atoms with E-state index in [0.29, 0.717) is 0 Å². The Morgan fingerprint density at radius 3 is 2.85 bits per heavy atom. The lowest BCUT2D eigenvalue weighted by molar-refractivity contribution is 0.357. The second-order valence-electron chi connectivity index (χ2n) is 4.79. The van der Waals surface area contributed by atoms with Crippen molar-refractivity contribution in [1.82, 2.24) is 10.2 Å². The molecular weight excluding hydrogens is 272 g/mol. The lowest BCUT2D eigenvalue weighted by atomic mass is 10.0. The molecular formula is C15H22N2O2S. The van der Waals surface area contributed by atoms with E-state index in [1.807, 2.05) is 12.1 Å². The Morgan fingerprint density at radius 2 is 2.20 bits per heavy atom. The summed E-state index contributed by atoms with van der Waals surface area (Å²) in [5, 5.41) is 4.06. The number of rotatable bonds is 4. The highest BCUT2D eigenvalue weighted by Crippen LogP contribution is 2.38. The highest BCUT2D eigenvalue weighted by atomic mass is 32.1. The van der Waals surface area contributed by atoms with E-state index in [-0.39, 0.29) is 6.04 Å². The second kappa shape index (κ2) is 6.79. The fourth-order valence-electron chi connectivity index (χ4n) is 2.69. The van der Waals surface area contributed by atoms with Gasteiger partial charge in [0.05, 0.1) is 20.3 Å². The van der Waals surface area contributed by atoms with Crippen molar-refractivity contribution in [2.75, 3.05) is 27.3 Å². The molecule has 0 spiro atoms. The minimum absolute atomic E-state index is 0.256. The monoisotopic (exact) mass is 294 g/mol. The van der Waals surface area contributed by atoms with E-state index in [2.05, 4.69) is 23.2 Å². The van der Waals surface area contributed by atoms with Gasteiger partial charge in [-0.05, 0) is 50.2 Å². The Morgan fingerprint density at radius 1 is 1.40 bits per heavy atom. The van der Waals surface area contributed by atoms with Crippen molar-refractivity contribution >= 4 is 17.3 Å². The summed E-state index contributed by atoms with van der Waals surface area (Å²) in [6.07, 6.45) is 2.21. The minimum atomic E-state index is 0.256. The summed E-state index contributed by atoms with van der Waals surface area (Å²) in [7, 11) is 3.38. The predicted molar refractivity (Wildman–Crippen MR) is 84.5 cm³/mol. The summed E-state index contributed by atoms with van der Waals surface area (Å²) in [4.78, 5) is 2.25. The Balaban J connectivity index is 2.31. The highest BCUT2D eigenvalue weighted by Gasteiger charge is 2.30. The lowest BCUT2D eigenvalue weighted by Crippen LogP contribution is -2.39. The number of hydrogen-bond donors (Lipinski definition) is 1. The number of nitrogens with zero attached hydrogens (tertiary/aromatic N) is 1. The number of likely N-dealkylation sites (tertiary alicyclic amines) is 1. The van der Waals surface area contributed by atoms with Gasteiger partial charge in [-0.2, -0.15) is 0 Å². The van der Waals surface area contributed by atoms with Crippen LogP contribution in [-0.2, 0) is 0 Å². The molecule has 0 saturated carbocycles. The molecule has 0 amide bonds. The van der Waals surface area contributed by atoms with Crippen molar-refractivity contribution in [3.63, 3.8) is 0 Å². The molecule has 4 nitrogen and oxygen atoms in total. The van der Waals surface area contributed by atoms with E-state index in [4.69, 9.17) is 21.7 Å². The van der Waals surface area contributed by atoms with Gasteiger partial charge in [0.25, 0.3) is 0 Å².